The lowest BCUT2D eigenvalue weighted by Crippen LogP contribution is -2.46. The summed E-state index contributed by atoms with van der Waals surface area (Å²) in [4.78, 5) is 6.04. The van der Waals surface area contributed by atoms with Gasteiger partial charge in [-0.2, -0.15) is 5.10 Å². The van der Waals surface area contributed by atoms with Crippen LogP contribution < -0.4 is 10.3 Å². The Hall–Kier alpha value is -1.62. The summed E-state index contributed by atoms with van der Waals surface area (Å²) in [5.41, 5.74) is 5.38. The summed E-state index contributed by atoms with van der Waals surface area (Å²) in [5.74, 6) is 0. The number of nitrogens with one attached hydrogen (secondary N) is 2. The molecule has 2 heterocycles. The summed E-state index contributed by atoms with van der Waals surface area (Å²) in [6.07, 6.45) is 1.61. The Bertz CT molecular complexity index is 497. The summed E-state index contributed by atoms with van der Waals surface area (Å²) >= 11 is 6.09. The summed E-state index contributed by atoms with van der Waals surface area (Å²) < 4.78 is 0. The second kappa shape index (κ2) is 4.33. The molecule has 1 aliphatic heterocycles. The van der Waals surface area contributed by atoms with Gasteiger partial charge in [0.05, 0.1) is 17.4 Å². The maximum atomic E-state index is 8.16. The third kappa shape index (κ3) is 1.76. The number of halogens is 1. The molecule has 6 heteroatoms. The van der Waals surface area contributed by atoms with Crippen LogP contribution in [0.5, 0.6) is 0 Å². The molecule has 0 aromatic carbocycles. The van der Waals surface area contributed by atoms with Crippen LogP contribution in [0.25, 0.3) is 0 Å². The Balaban J connectivity index is 2.63. The Labute approximate surface area is 105 Å². The third-order valence-corrected chi connectivity index (χ3v) is 3.24. The van der Waals surface area contributed by atoms with Gasteiger partial charge in [-0.05, 0) is 13.0 Å². The Morgan fingerprint density at radius 2 is 2.29 bits per heavy atom. The highest BCUT2D eigenvalue weighted by molar-refractivity contribution is 6.52. The predicted octanol–water partition coefficient (Wildman–Crippen LogP) is 1.52. The van der Waals surface area contributed by atoms with Gasteiger partial charge in [0.25, 0.3) is 0 Å². The number of fused-ring (bicyclic) bond motifs is 1. The fourth-order valence-corrected chi connectivity index (χ4v) is 2.25. The van der Waals surface area contributed by atoms with Gasteiger partial charge in [-0.3, -0.25) is 5.41 Å². The number of pyridine rings is 1. The zero-order valence-corrected chi connectivity index (χ0v) is 10.7. The maximum absolute atomic E-state index is 8.16. The minimum atomic E-state index is -0.0100. The fourth-order valence-electron chi connectivity index (χ4n) is 1.96. The molecular formula is C11H14ClN5. The maximum Gasteiger partial charge on any atom is 0.152 e. The normalized spacial score (nSPS) is 21.6. The molecule has 0 amide bonds. The molecule has 1 aromatic heterocycles. The van der Waals surface area contributed by atoms with Crippen molar-refractivity contribution in [2.24, 2.45) is 5.10 Å². The molecule has 0 saturated heterocycles. The van der Waals surface area contributed by atoms with Gasteiger partial charge >= 0.3 is 0 Å². The second-order valence-electron chi connectivity index (χ2n) is 3.88. The quantitative estimate of drug-likeness (QED) is 0.588. The molecule has 1 aromatic rings. The van der Waals surface area contributed by atoms with E-state index in [1.807, 2.05) is 18.9 Å². The van der Waals surface area contributed by atoms with Crippen LogP contribution in [0.15, 0.2) is 17.4 Å². The van der Waals surface area contributed by atoms with Crippen molar-refractivity contribution in [1.82, 2.24) is 10.4 Å². The van der Waals surface area contributed by atoms with Gasteiger partial charge < -0.3 is 10.3 Å². The molecule has 0 bridgehead atoms. The molecule has 0 radical (unpaired) electrons. The topological polar surface area (TPSA) is 64.4 Å². The average Bonchev–Trinajstić information content (AvgIpc) is 2.31. The summed E-state index contributed by atoms with van der Waals surface area (Å²) in [7, 11) is 3.65. The predicted molar refractivity (Wildman–Crippen MR) is 70.4 cm³/mol. The van der Waals surface area contributed by atoms with Gasteiger partial charge in [0, 0.05) is 25.9 Å². The average molecular weight is 252 g/mol. The van der Waals surface area contributed by atoms with Crippen LogP contribution in [-0.4, -0.2) is 36.5 Å². The molecule has 0 saturated carbocycles. The smallest absolute Gasteiger partial charge is 0.152 e. The van der Waals surface area contributed by atoms with Crippen LogP contribution in [-0.2, 0) is 0 Å². The van der Waals surface area contributed by atoms with Crippen LogP contribution >= 0.6 is 11.6 Å². The Kier molecular flexibility index (Phi) is 3.02. The van der Waals surface area contributed by atoms with Crippen molar-refractivity contribution in [3.05, 3.63) is 23.0 Å². The molecule has 0 aliphatic carbocycles. The highest BCUT2D eigenvalue weighted by Gasteiger charge is 2.32. The van der Waals surface area contributed by atoms with E-state index in [1.165, 1.54) is 0 Å². The number of hydrazone groups is 1. The zero-order chi connectivity index (χ0) is 12.6. The Morgan fingerprint density at radius 3 is 2.94 bits per heavy atom. The number of rotatable bonds is 1. The summed E-state index contributed by atoms with van der Waals surface area (Å²) in [6, 6.07) is 1.78. The number of aromatic nitrogens is 1. The minimum absolute atomic E-state index is 0.0100. The summed E-state index contributed by atoms with van der Waals surface area (Å²) in [5, 5.41) is 12.7. The van der Waals surface area contributed by atoms with Gasteiger partial charge in [0.15, 0.2) is 5.15 Å². The third-order valence-electron chi connectivity index (χ3n) is 2.97. The van der Waals surface area contributed by atoms with Crippen molar-refractivity contribution >= 4 is 28.7 Å². The van der Waals surface area contributed by atoms with E-state index in [0.29, 0.717) is 16.6 Å². The molecule has 1 atom stereocenters. The van der Waals surface area contributed by atoms with E-state index in [4.69, 9.17) is 17.0 Å². The van der Waals surface area contributed by atoms with Gasteiger partial charge in [-0.25, -0.2) is 4.98 Å². The van der Waals surface area contributed by atoms with E-state index >= 15 is 0 Å². The second-order valence-corrected chi connectivity index (χ2v) is 4.24. The van der Waals surface area contributed by atoms with Gasteiger partial charge in [0.2, 0.25) is 0 Å². The lowest BCUT2D eigenvalue weighted by molar-refractivity contribution is 0.820. The van der Waals surface area contributed by atoms with Crippen LogP contribution in [0.3, 0.4) is 0 Å². The fraction of sp³-hybridized carbons (Fsp3) is 0.364. The van der Waals surface area contributed by atoms with Gasteiger partial charge in [-0.15, -0.1) is 0 Å². The highest BCUT2D eigenvalue weighted by Crippen LogP contribution is 2.33. The first-order valence-electron chi connectivity index (χ1n) is 5.29. The highest BCUT2D eigenvalue weighted by atomic mass is 35.5. The molecule has 17 heavy (non-hydrogen) atoms. The van der Waals surface area contributed by atoms with E-state index in [0.717, 1.165) is 11.3 Å². The van der Waals surface area contributed by atoms with E-state index < -0.39 is 0 Å². The first-order chi connectivity index (χ1) is 8.07. The number of anilines is 1. The van der Waals surface area contributed by atoms with E-state index in [1.54, 1.807) is 19.3 Å². The van der Waals surface area contributed by atoms with Crippen molar-refractivity contribution in [2.45, 2.75) is 13.0 Å². The molecular weight excluding hydrogens is 238 g/mol. The lowest BCUT2D eigenvalue weighted by Gasteiger charge is -2.35. The van der Waals surface area contributed by atoms with Crippen LogP contribution in [0, 0.1) is 5.41 Å². The van der Waals surface area contributed by atoms with Crippen molar-refractivity contribution < 1.29 is 0 Å². The van der Waals surface area contributed by atoms with Crippen LogP contribution in [0.4, 0.5) is 5.69 Å². The van der Waals surface area contributed by atoms with Crippen molar-refractivity contribution in [3.63, 3.8) is 0 Å². The first kappa shape index (κ1) is 11.9. The molecule has 90 valence electrons. The number of hydrogen-bond donors (Lipinski definition) is 2. The van der Waals surface area contributed by atoms with Gasteiger partial charge in [-0.1, -0.05) is 11.6 Å². The molecule has 1 aliphatic rings. The lowest BCUT2D eigenvalue weighted by atomic mass is 9.94. The minimum Gasteiger partial charge on any atom is -0.363 e. The molecule has 2 N–H and O–H groups in total. The monoisotopic (exact) mass is 251 g/mol. The van der Waals surface area contributed by atoms with Crippen molar-refractivity contribution in [1.29, 1.82) is 5.41 Å². The largest absolute Gasteiger partial charge is 0.363 e. The zero-order valence-electron chi connectivity index (χ0n) is 9.95. The Morgan fingerprint density at radius 1 is 1.59 bits per heavy atom. The van der Waals surface area contributed by atoms with Crippen LogP contribution in [0.2, 0.25) is 5.15 Å². The standard InChI is InChI=1S/C11H14ClN5/c1-6-9(16-14-2)8(13)7-4-5-15-11(12)10(7)17(6)3/h4-6,13-14H,1-3H3/b13-8?,16-9-. The number of nitrogens with zero attached hydrogens (tertiary/aromatic N) is 3. The molecule has 0 spiro atoms. The molecule has 1 unspecified atom stereocenters. The van der Waals surface area contributed by atoms with E-state index in [-0.39, 0.29) is 6.04 Å². The van der Waals surface area contributed by atoms with Crippen LogP contribution in [0.1, 0.15) is 12.5 Å². The molecule has 0 fully saturated rings. The van der Waals surface area contributed by atoms with Gasteiger partial charge in [0.1, 0.15) is 5.71 Å². The first-order valence-corrected chi connectivity index (χ1v) is 5.66. The summed E-state index contributed by atoms with van der Waals surface area (Å²) in [6.45, 7) is 1.98. The SMILES string of the molecule is CN/N=C1\C(=N)c2ccnc(Cl)c2N(C)C1C. The van der Waals surface area contributed by atoms with Crippen molar-refractivity contribution in [2.75, 3.05) is 19.0 Å². The molecule has 2 rings (SSSR count). The van der Waals surface area contributed by atoms with E-state index in [9.17, 15) is 0 Å². The number of hydrogen-bond acceptors (Lipinski definition) is 5. The molecule has 5 nitrogen and oxygen atoms in total. The van der Waals surface area contributed by atoms with E-state index in [2.05, 4.69) is 15.5 Å². The van der Waals surface area contributed by atoms with Crippen molar-refractivity contribution in [3.8, 4) is 0 Å².